The summed E-state index contributed by atoms with van der Waals surface area (Å²) < 4.78 is 7.32. The van der Waals surface area contributed by atoms with Crippen molar-refractivity contribution in [3.05, 3.63) is 45.0 Å². The van der Waals surface area contributed by atoms with Crippen LogP contribution >= 0.6 is 31.9 Å². The van der Waals surface area contributed by atoms with Crippen molar-refractivity contribution in [3.8, 4) is 11.6 Å². The Morgan fingerprint density at radius 2 is 1.94 bits per heavy atom. The van der Waals surface area contributed by atoms with Gasteiger partial charge in [-0.1, -0.05) is 15.9 Å². The van der Waals surface area contributed by atoms with Crippen LogP contribution in [-0.4, -0.2) is 15.3 Å². The number of aromatic nitrogens is 2. The van der Waals surface area contributed by atoms with E-state index in [0.717, 1.165) is 8.95 Å². The first-order chi connectivity index (χ1) is 8.19. The monoisotopic (exact) mass is 358 g/mol. The molecule has 0 aliphatic carbocycles. The van der Waals surface area contributed by atoms with Gasteiger partial charge < -0.3 is 9.84 Å². The second kappa shape index (κ2) is 5.57. The summed E-state index contributed by atoms with van der Waals surface area (Å²) >= 11 is 6.75. The number of hydrogen-bond donors (Lipinski definition) is 1. The Morgan fingerprint density at radius 1 is 1.12 bits per heavy atom. The van der Waals surface area contributed by atoms with Crippen molar-refractivity contribution in [2.75, 3.05) is 0 Å². The van der Waals surface area contributed by atoms with E-state index in [2.05, 4.69) is 42.1 Å². The summed E-state index contributed by atoms with van der Waals surface area (Å²) in [7, 11) is 0. The summed E-state index contributed by atoms with van der Waals surface area (Å²) in [5, 5.41) is 16.5. The van der Waals surface area contributed by atoms with E-state index >= 15 is 0 Å². The fourth-order valence-electron chi connectivity index (χ4n) is 1.16. The molecule has 0 unspecified atom stereocenters. The van der Waals surface area contributed by atoms with Gasteiger partial charge >= 0.3 is 0 Å². The molecule has 2 rings (SSSR count). The lowest BCUT2D eigenvalue weighted by atomic mass is 10.3. The Kier molecular flexibility index (Phi) is 4.09. The highest BCUT2D eigenvalue weighted by Gasteiger charge is 2.04. The lowest BCUT2D eigenvalue weighted by Crippen LogP contribution is -1.95. The third-order valence-electron chi connectivity index (χ3n) is 1.97. The van der Waals surface area contributed by atoms with Gasteiger partial charge in [0.1, 0.15) is 5.75 Å². The number of hydrogen-bond acceptors (Lipinski definition) is 4. The van der Waals surface area contributed by atoms with Gasteiger partial charge in [-0.05, 0) is 40.2 Å². The average molecular weight is 360 g/mol. The van der Waals surface area contributed by atoms with Crippen LogP contribution < -0.4 is 4.74 Å². The van der Waals surface area contributed by atoms with E-state index in [1.807, 2.05) is 18.2 Å². The van der Waals surface area contributed by atoms with E-state index in [9.17, 15) is 0 Å². The highest BCUT2D eigenvalue weighted by Crippen LogP contribution is 2.30. The number of nitrogens with zero attached hydrogens (tertiary/aromatic N) is 2. The van der Waals surface area contributed by atoms with Gasteiger partial charge in [-0.2, -0.15) is 0 Å². The molecule has 0 fully saturated rings. The average Bonchev–Trinajstić information content (AvgIpc) is 2.34. The minimum atomic E-state index is -0.130. The number of halogens is 2. The summed E-state index contributed by atoms with van der Waals surface area (Å²) in [6.45, 7) is -0.130. The predicted molar refractivity (Wildman–Crippen MR) is 69.9 cm³/mol. The van der Waals surface area contributed by atoms with Crippen LogP contribution in [0.25, 0.3) is 0 Å². The Bertz CT molecular complexity index is 517. The van der Waals surface area contributed by atoms with Crippen molar-refractivity contribution in [3.63, 3.8) is 0 Å². The predicted octanol–water partition coefficient (Wildman–Crippen LogP) is 3.29. The molecule has 1 aromatic heterocycles. The van der Waals surface area contributed by atoms with Gasteiger partial charge in [0.05, 0.1) is 16.8 Å². The van der Waals surface area contributed by atoms with Gasteiger partial charge in [-0.25, -0.2) is 0 Å². The molecule has 88 valence electrons. The van der Waals surface area contributed by atoms with Crippen LogP contribution in [0.1, 0.15) is 5.69 Å². The Morgan fingerprint density at radius 3 is 2.53 bits per heavy atom. The van der Waals surface area contributed by atoms with Crippen molar-refractivity contribution in [2.24, 2.45) is 0 Å². The largest absolute Gasteiger partial charge is 0.436 e. The smallest absolute Gasteiger partial charge is 0.238 e. The zero-order chi connectivity index (χ0) is 12.3. The molecule has 1 aromatic carbocycles. The highest BCUT2D eigenvalue weighted by atomic mass is 79.9. The summed E-state index contributed by atoms with van der Waals surface area (Å²) in [6.07, 6.45) is 0. The van der Waals surface area contributed by atoms with Crippen LogP contribution in [0.3, 0.4) is 0 Å². The molecule has 0 atom stereocenters. The van der Waals surface area contributed by atoms with Gasteiger partial charge in [0.2, 0.25) is 5.88 Å². The van der Waals surface area contributed by atoms with Gasteiger partial charge in [-0.3, -0.25) is 0 Å². The summed E-state index contributed by atoms with van der Waals surface area (Å²) in [5.41, 5.74) is 0.507. The van der Waals surface area contributed by atoms with E-state index in [1.54, 1.807) is 12.1 Å². The SMILES string of the molecule is OCc1ccc(Oc2ccc(Br)cc2Br)nn1. The first-order valence-electron chi connectivity index (χ1n) is 4.75. The molecule has 0 aliphatic heterocycles. The van der Waals surface area contributed by atoms with Crippen molar-refractivity contribution in [2.45, 2.75) is 6.61 Å². The molecule has 0 bridgehead atoms. The number of aliphatic hydroxyl groups is 1. The number of rotatable bonds is 3. The molecular weight excluding hydrogens is 352 g/mol. The third-order valence-corrected chi connectivity index (χ3v) is 3.08. The second-order valence-electron chi connectivity index (χ2n) is 3.20. The summed E-state index contributed by atoms with van der Waals surface area (Å²) in [5.74, 6) is 1.03. The van der Waals surface area contributed by atoms with E-state index < -0.39 is 0 Å². The third kappa shape index (κ3) is 3.24. The van der Waals surface area contributed by atoms with Gasteiger partial charge in [0, 0.05) is 10.5 Å². The molecule has 0 aliphatic rings. The molecule has 4 nitrogen and oxygen atoms in total. The molecule has 1 N–H and O–H groups in total. The second-order valence-corrected chi connectivity index (χ2v) is 4.97. The van der Waals surface area contributed by atoms with Gasteiger partial charge in [0.15, 0.2) is 0 Å². The quantitative estimate of drug-likeness (QED) is 0.913. The standard InChI is InChI=1S/C11H8Br2N2O2/c12-7-1-3-10(9(13)5-7)17-11-4-2-8(6-16)14-15-11/h1-5,16H,6H2. The first kappa shape index (κ1) is 12.5. The van der Waals surface area contributed by atoms with E-state index in [1.165, 1.54) is 0 Å². The maximum absolute atomic E-state index is 8.84. The lowest BCUT2D eigenvalue weighted by Gasteiger charge is -2.06. The first-order valence-corrected chi connectivity index (χ1v) is 6.34. The van der Waals surface area contributed by atoms with Crippen molar-refractivity contribution < 1.29 is 9.84 Å². The topological polar surface area (TPSA) is 55.2 Å². The van der Waals surface area contributed by atoms with Crippen LogP contribution in [0.15, 0.2) is 39.3 Å². The Balaban J connectivity index is 2.19. The van der Waals surface area contributed by atoms with Crippen LogP contribution in [0.5, 0.6) is 11.6 Å². The fourth-order valence-corrected chi connectivity index (χ4v) is 2.29. The normalized spacial score (nSPS) is 10.3. The minimum Gasteiger partial charge on any atom is -0.436 e. The summed E-state index contributed by atoms with van der Waals surface area (Å²) in [4.78, 5) is 0. The van der Waals surface area contributed by atoms with Crippen LogP contribution in [0.4, 0.5) is 0 Å². The maximum Gasteiger partial charge on any atom is 0.238 e. The van der Waals surface area contributed by atoms with Gasteiger partial charge in [-0.15, -0.1) is 10.2 Å². The Labute approximate surface area is 115 Å². The zero-order valence-electron chi connectivity index (χ0n) is 8.60. The number of benzene rings is 1. The van der Waals surface area contributed by atoms with E-state index in [0.29, 0.717) is 17.3 Å². The molecule has 0 saturated carbocycles. The molecular formula is C11H8Br2N2O2. The molecule has 0 amide bonds. The Hall–Kier alpha value is -0.980. The fraction of sp³-hybridized carbons (Fsp3) is 0.0909. The van der Waals surface area contributed by atoms with E-state index in [-0.39, 0.29) is 6.61 Å². The number of aliphatic hydroxyl groups excluding tert-OH is 1. The van der Waals surface area contributed by atoms with Crippen LogP contribution in [0, 0.1) is 0 Å². The maximum atomic E-state index is 8.84. The lowest BCUT2D eigenvalue weighted by molar-refractivity contribution is 0.274. The molecule has 0 saturated heterocycles. The molecule has 0 radical (unpaired) electrons. The van der Waals surface area contributed by atoms with Crippen molar-refractivity contribution in [1.82, 2.24) is 10.2 Å². The van der Waals surface area contributed by atoms with Crippen LogP contribution in [-0.2, 0) is 6.61 Å². The molecule has 0 spiro atoms. The molecule has 6 heteroatoms. The van der Waals surface area contributed by atoms with Gasteiger partial charge in [0.25, 0.3) is 0 Å². The minimum absolute atomic E-state index is 0.130. The van der Waals surface area contributed by atoms with Crippen LogP contribution in [0.2, 0.25) is 0 Å². The van der Waals surface area contributed by atoms with Crippen molar-refractivity contribution >= 4 is 31.9 Å². The molecule has 2 aromatic rings. The molecule has 17 heavy (non-hydrogen) atoms. The summed E-state index contributed by atoms with van der Waals surface area (Å²) in [6, 6.07) is 8.89. The van der Waals surface area contributed by atoms with Crippen molar-refractivity contribution in [1.29, 1.82) is 0 Å². The van der Waals surface area contributed by atoms with E-state index in [4.69, 9.17) is 9.84 Å². The zero-order valence-corrected chi connectivity index (χ0v) is 11.8. The number of ether oxygens (including phenoxy) is 1. The highest BCUT2D eigenvalue weighted by molar-refractivity contribution is 9.11. The molecule has 1 heterocycles.